The average Bonchev–Trinajstić information content (AvgIpc) is 3.77. The number of hydrogen-bond donors (Lipinski definition) is 0. The third kappa shape index (κ3) is 4.99. The smallest absolute Gasteiger partial charge is 0.0561 e. The van der Waals surface area contributed by atoms with Crippen LogP contribution in [0.15, 0.2) is 169 Å². The first-order chi connectivity index (χ1) is 28.9. The van der Waals surface area contributed by atoms with Crippen molar-refractivity contribution < 1.29 is 0 Å². The summed E-state index contributed by atoms with van der Waals surface area (Å²) in [4.78, 5) is 2.69. The predicted molar refractivity (Wildman–Crippen MR) is 248 cm³/mol. The zero-order valence-corrected chi connectivity index (χ0v) is 34.4. The molecule has 0 amide bonds. The second-order valence-corrected chi connectivity index (χ2v) is 18.4. The highest BCUT2D eigenvalue weighted by Crippen LogP contribution is 2.70. The zero-order valence-electron chi connectivity index (χ0n) is 34.4. The fourth-order valence-electron chi connectivity index (χ4n) is 12.5. The van der Waals surface area contributed by atoms with Gasteiger partial charge in [0.25, 0.3) is 0 Å². The summed E-state index contributed by atoms with van der Waals surface area (Å²) in [7, 11) is 0. The van der Waals surface area contributed by atoms with Gasteiger partial charge in [-0.15, -0.1) is 0 Å². The van der Waals surface area contributed by atoms with E-state index in [2.05, 4.69) is 194 Å². The highest BCUT2D eigenvalue weighted by Gasteiger charge is 2.61. The quantitative estimate of drug-likeness (QED) is 0.170. The third-order valence-electron chi connectivity index (χ3n) is 15.2. The first-order valence-corrected chi connectivity index (χ1v) is 22.0. The summed E-state index contributed by atoms with van der Waals surface area (Å²) in [6, 6.07) is 52.8. The largest absolute Gasteiger partial charge is 0.313 e. The third-order valence-corrected chi connectivity index (χ3v) is 15.2. The summed E-state index contributed by atoms with van der Waals surface area (Å²) >= 11 is 0. The van der Waals surface area contributed by atoms with E-state index in [1.807, 2.05) is 0 Å². The van der Waals surface area contributed by atoms with Crippen LogP contribution < -0.4 is 15.3 Å². The van der Waals surface area contributed by atoms with E-state index >= 15 is 0 Å². The lowest BCUT2D eigenvalue weighted by molar-refractivity contribution is 0.0603. The molecule has 1 aromatic heterocycles. The number of benzene rings is 6. The standard InChI is InChI=1S/C57H50N2/c1-37-32-33-56(2)36-41-20-9-10-22-45(41)53-54-48(57(37,3)55(53)56)24-15-27-51(54)58(49-25-13-11-21-44(49)39-17-5-4-6-18-39)43-30-31-47-46-23-12-14-26-50(46)59(52(47)35-43)42-29-28-38-16-7-8-19-40(38)34-42/h4-6,8-14,17-26,28-31,34-37,55H,7,15-16,27,32-33H2,1-3H3/t37?,55?,56-,57?/m1/s1. The first-order valence-electron chi connectivity index (χ1n) is 22.0. The van der Waals surface area contributed by atoms with Crippen molar-refractivity contribution in [3.05, 3.63) is 190 Å². The van der Waals surface area contributed by atoms with Gasteiger partial charge in [0, 0.05) is 50.3 Å². The number of aryl methyl sites for hydroxylation is 1. The van der Waals surface area contributed by atoms with Crippen LogP contribution in [0.5, 0.6) is 0 Å². The van der Waals surface area contributed by atoms with E-state index < -0.39 is 0 Å². The number of anilines is 2. The van der Waals surface area contributed by atoms with Crippen molar-refractivity contribution in [2.75, 3.05) is 4.90 Å². The van der Waals surface area contributed by atoms with E-state index in [0.717, 1.165) is 25.7 Å². The van der Waals surface area contributed by atoms with E-state index in [-0.39, 0.29) is 10.8 Å². The van der Waals surface area contributed by atoms with Crippen LogP contribution in [0.4, 0.5) is 11.4 Å². The Morgan fingerprint density at radius 1 is 0.712 bits per heavy atom. The number of fused-ring (bicyclic) bond motifs is 8. The molecule has 0 spiro atoms. The van der Waals surface area contributed by atoms with Gasteiger partial charge in [-0.1, -0.05) is 148 Å². The Bertz CT molecular complexity index is 3120. The molecule has 5 aliphatic rings. The van der Waals surface area contributed by atoms with Crippen LogP contribution in [0.25, 0.3) is 56.3 Å². The van der Waals surface area contributed by atoms with Gasteiger partial charge in [-0.3, -0.25) is 0 Å². The van der Waals surface area contributed by atoms with Gasteiger partial charge >= 0.3 is 0 Å². The maximum atomic E-state index is 2.69. The summed E-state index contributed by atoms with van der Waals surface area (Å²) in [5, 5.41) is 5.40. The van der Waals surface area contributed by atoms with Gasteiger partial charge in [0.2, 0.25) is 0 Å². The molecule has 5 aliphatic carbocycles. The van der Waals surface area contributed by atoms with Crippen LogP contribution in [-0.2, 0) is 6.42 Å². The molecule has 0 saturated heterocycles. The van der Waals surface area contributed by atoms with Crippen LogP contribution >= 0.6 is 0 Å². The zero-order chi connectivity index (χ0) is 39.5. The summed E-state index contributed by atoms with van der Waals surface area (Å²) in [5.41, 5.74) is 17.7. The van der Waals surface area contributed by atoms with Crippen LogP contribution in [0.1, 0.15) is 64.0 Å². The van der Waals surface area contributed by atoms with Crippen molar-refractivity contribution in [2.24, 2.45) is 22.7 Å². The number of rotatable bonds is 5. The second-order valence-electron chi connectivity index (χ2n) is 18.4. The molecule has 3 unspecified atom stereocenters. The summed E-state index contributed by atoms with van der Waals surface area (Å²) in [5.74, 6) is 1.01. The Hall–Kier alpha value is -6.12. The molecule has 7 aromatic rings. The number of aromatic nitrogens is 1. The minimum absolute atomic E-state index is 0.0509. The van der Waals surface area contributed by atoms with Crippen molar-refractivity contribution in [1.82, 2.24) is 4.57 Å². The lowest BCUT2D eigenvalue weighted by atomic mass is 9.51. The van der Waals surface area contributed by atoms with Gasteiger partial charge in [0.1, 0.15) is 0 Å². The Labute approximate surface area is 347 Å². The molecule has 2 fully saturated rings. The molecule has 6 aromatic carbocycles. The fraction of sp³-hybridized carbons (Fsp3) is 0.228. The molecule has 0 N–H and O–H groups in total. The average molecular weight is 763 g/mol. The van der Waals surface area contributed by atoms with E-state index in [0.29, 0.717) is 11.8 Å². The van der Waals surface area contributed by atoms with E-state index in [9.17, 15) is 0 Å². The van der Waals surface area contributed by atoms with Gasteiger partial charge in [0.05, 0.1) is 16.7 Å². The van der Waals surface area contributed by atoms with Crippen molar-refractivity contribution in [3.8, 4) is 16.8 Å². The van der Waals surface area contributed by atoms with E-state index in [1.165, 1.54) is 95.7 Å². The van der Waals surface area contributed by atoms with E-state index in [1.54, 1.807) is 11.1 Å². The lowest BCUT2D eigenvalue weighted by Gasteiger charge is -2.52. The van der Waals surface area contributed by atoms with Crippen LogP contribution in [0, 0.1) is 22.7 Å². The minimum Gasteiger partial charge on any atom is -0.313 e. The van der Waals surface area contributed by atoms with Crippen molar-refractivity contribution in [2.45, 2.75) is 59.3 Å². The fourth-order valence-corrected chi connectivity index (χ4v) is 12.5. The monoisotopic (exact) mass is 762 g/mol. The van der Waals surface area contributed by atoms with Gasteiger partial charge in [-0.05, 0) is 125 Å². The molecule has 2 nitrogen and oxygen atoms in total. The SMILES string of the molecule is CC1CC[C@]2(C)C=c3ccccc3=C3C4=C(N(c5ccc6c7ccccc7n(-c7ccc8c(c7)C=CCC8)c6c5)c5ccccc5-c5ccccc5)CCC=C4C1(C)C32. The Morgan fingerprint density at radius 2 is 1.51 bits per heavy atom. The number of hydrogen-bond acceptors (Lipinski definition) is 1. The highest BCUT2D eigenvalue weighted by atomic mass is 15.2. The molecule has 0 radical (unpaired) electrons. The van der Waals surface area contributed by atoms with Gasteiger partial charge < -0.3 is 9.47 Å². The minimum atomic E-state index is 0.0509. The molecule has 4 atom stereocenters. The first kappa shape index (κ1) is 34.9. The molecule has 2 saturated carbocycles. The summed E-state index contributed by atoms with van der Waals surface area (Å²) in [6.45, 7) is 7.74. The lowest BCUT2D eigenvalue weighted by Crippen LogP contribution is -2.50. The normalized spacial score (nSPS) is 24.0. The second kappa shape index (κ2) is 12.9. The molecule has 2 heteroatoms. The summed E-state index contributed by atoms with van der Waals surface area (Å²) in [6.07, 6.45) is 16.6. The molecule has 59 heavy (non-hydrogen) atoms. The number of para-hydroxylation sites is 2. The molecule has 0 bridgehead atoms. The Kier molecular flexibility index (Phi) is 7.65. The molecular formula is C57H50N2. The van der Waals surface area contributed by atoms with Gasteiger partial charge in [-0.2, -0.15) is 0 Å². The van der Waals surface area contributed by atoms with Crippen molar-refractivity contribution in [1.29, 1.82) is 0 Å². The Morgan fingerprint density at radius 3 is 2.42 bits per heavy atom. The summed E-state index contributed by atoms with van der Waals surface area (Å²) < 4.78 is 2.52. The molecule has 288 valence electrons. The van der Waals surface area contributed by atoms with E-state index in [4.69, 9.17) is 0 Å². The van der Waals surface area contributed by atoms with Gasteiger partial charge in [-0.25, -0.2) is 0 Å². The van der Waals surface area contributed by atoms with Crippen LogP contribution in [-0.4, -0.2) is 4.57 Å². The topological polar surface area (TPSA) is 8.17 Å². The Balaban J connectivity index is 1.18. The molecule has 12 rings (SSSR count). The predicted octanol–water partition coefficient (Wildman–Crippen LogP) is 13.2. The van der Waals surface area contributed by atoms with Crippen molar-refractivity contribution >= 4 is 50.9 Å². The maximum Gasteiger partial charge on any atom is 0.0561 e. The molecular weight excluding hydrogens is 713 g/mol. The van der Waals surface area contributed by atoms with Crippen LogP contribution in [0.2, 0.25) is 0 Å². The molecule has 0 aliphatic heterocycles. The van der Waals surface area contributed by atoms with Crippen LogP contribution in [0.3, 0.4) is 0 Å². The maximum absolute atomic E-state index is 2.69. The molecule has 1 heterocycles. The number of allylic oxidation sites excluding steroid dienone is 5. The number of nitrogens with zero attached hydrogens (tertiary/aromatic N) is 2. The highest BCUT2D eigenvalue weighted by molar-refractivity contribution is 6.10. The van der Waals surface area contributed by atoms with Gasteiger partial charge in [0.15, 0.2) is 0 Å². The van der Waals surface area contributed by atoms with Crippen molar-refractivity contribution in [3.63, 3.8) is 0 Å².